The molecule has 0 unspecified atom stereocenters. The third-order valence-corrected chi connectivity index (χ3v) is 2.96. The van der Waals surface area contributed by atoms with Gasteiger partial charge in [-0.15, -0.1) is 0 Å². The molecule has 0 amide bonds. The zero-order valence-electron chi connectivity index (χ0n) is 11.2. The molecule has 3 nitrogen and oxygen atoms in total. The molecule has 0 aliphatic rings. The van der Waals surface area contributed by atoms with Crippen molar-refractivity contribution in [3.05, 3.63) is 23.8 Å². The molecule has 1 aromatic carbocycles. The molecule has 0 heterocycles. The number of benzene rings is 1. The highest BCUT2D eigenvalue weighted by atomic mass is 16.5. The fourth-order valence-electron chi connectivity index (χ4n) is 1.95. The first-order valence-corrected chi connectivity index (χ1v) is 6.35. The van der Waals surface area contributed by atoms with Gasteiger partial charge >= 0.3 is 0 Å². The van der Waals surface area contributed by atoms with E-state index >= 15 is 0 Å². The van der Waals surface area contributed by atoms with E-state index in [-0.39, 0.29) is 0 Å². The van der Waals surface area contributed by atoms with Gasteiger partial charge in [-0.3, -0.25) is 0 Å². The third-order valence-electron chi connectivity index (χ3n) is 2.96. The van der Waals surface area contributed by atoms with Gasteiger partial charge in [0, 0.05) is 31.6 Å². The minimum Gasteiger partial charge on any atom is -0.399 e. The number of rotatable bonds is 7. The van der Waals surface area contributed by atoms with Gasteiger partial charge in [-0.25, -0.2) is 0 Å². The molecular formula is C14H24N2O. The van der Waals surface area contributed by atoms with E-state index in [1.54, 1.807) is 7.11 Å². The average molecular weight is 236 g/mol. The van der Waals surface area contributed by atoms with Gasteiger partial charge in [0.15, 0.2) is 0 Å². The fraction of sp³-hybridized carbons (Fsp3) is 0.571. The highest BCUT2D eigenvalue weighted by Crippen LogP contribution is 2.22. The summed E-state index contributed by atoms with van der Waals surface area (Å²) in [6.45, 7) is 6.99. The number of anilines is 2. The normalized spacial score (nSPS) is 10.5. The third kappa shape index (κ3) is 3.93. The van der Waals surface area contributed by atoms with Gasteiger partial charge in [0.2, 0.25) is 0 Å². The molecule has 0 bridgehead atoms. The summed E-state index contributed by atoms with van der Waals surface area (Å²) in [6, 6.07) is 6.31. The van der Waals surface area contributed by atoms with Crippen molar-refractivity contribution in [3.8, 4) is 0 Å². The molecule has 0 aromatic heterocycles. The number of methoxy groups -OCH3 is 1. The molecule has 2 N–H and O–H groups in total. The highest BCUT2D eigenvalue weighted by molar-refractivity contribution is 5.58. The number of nitrogen functional groups attached to an aromatic ring is 1. The zero-order chi connectivity index (χ0) is 12.7. The lowest BCUT2D eigenvalue weighted by Crippen LogP contribution is -2.26. The molecule has 0 aliphatic heterocycles. The van der Waals surface area contributed by atoms with Gasteiger partial charge in [-0.05, 0) is 37.1 Å². The number of likely N-dealkylation sites (N-methyl/N-ethyl adjacent to an activating group) is 1. The summed E-state index contributed by atoms with van der Waals surface area (Å²) in [5, 5.41) is 0. The minimum atomic E-state index is 0.751. The van der Waals surface area contributed by atoms with Crippen LogP contribution in [0.1, 0.15) is 25.8 Å². The lowest BCUT2D eigenvalue weighted by molar-refractivity contribution is 0.205. The molecule has 0 aliphatic carbocycles. The number of hydrogen-bond donors (Lipinski definition) is 1. The highest BCUT2D eigenvalue weighted by Gasteiger charge is 2.06. The van der Waals surface area contributed by atoms with E-state index in [0.717, 1.165) is 38.2 Å². The second-order valence-corrected chi connectivity index (χ2v) is 4.21. The molecular weight excluding hydrogens is 212 g/mol. The fourth-order valence-corrected chi connectivity index (χ4v) is 1.95. The Morgan fingerprint density at radius 3 is 2.65 bits per heavy atom. The van der Waals surface area contributed by atoms with Crippen LogP contribution in [0.2, 0.25) is 0 Å². The average Bonchev–Trinajstić information content (AvgIpc) is 2.34. The van der Waals surface area contributed by atoms with Gasteiger partial charge in [0.1, 0.15) is 0 Å². The maximum atomic E-state index is 5.97. The summed E-state index contributed by atoms with van der Waals surface area (Å²) in [6.07, 6.45) is 2.17. The first-order chi connectivity index (χ1) is 8.22. The second kappa shape index (κ2) is 7.17. The molecule has 96 valence electrons. The van der Waals surface area contributed by atoms with Crippen molar-refractivity contribution >= 4 is 11.4 Å². The van der Waals surface area contributed by atoms with E-state index < -0.39 is 0 Å². The molecule has 1 rings (SSSR count). The first-order valence-electron chi connectivity index (χ1n) is 6.35. The van der Waals surface area contributed by atoms with Gasteiger partial charge in [-0.1, -0.05) is 13.3 Å². The lowest BCUT2D eigenvalue weighted by Gasteiger charge is -2.23. The number of hydrogen-bond acceptors (Lipinski definition) is 3. The van der Waals surface area contributed by atoms with Crippen LogP contribution >= 0.6 is 0 Å². The van der Waals surface area contributed by atoms with Crippen LogP contribution in [0, 0.1) is 0 Å². The van der Waals surface area contributed by atoms with Crippen molar-refractivity contribution in [2.45, 2.75) is 26.7 Å². The van der Waals surface area contributed by atoms with Crippen molar-refractivity contribution in [1.29, 1.82) is 0 Å². The Kier molecular flexibility index (Phi) is 5.84. The SMILES string of the molecule is CCCc1cc(N(CC)CCOC)ccc1N. The predicted molar refractivity (Wildman–Crippen MR) is 74.6 cm³/mol. The molecule has 1 aromatic rings. The monoisotopic (exact) mass is 236 g/mol. The second-order valence-electron chi connectivity index (χ2n) is 4.21. The zero-order valence-corrected chi connectivity index (χ0v) is 11.2. The van der Waals surface area contributed by atoms with Crippen molar-refractivity contribution in [1.82, 2.24) is 0 Å². The van der Waals surface area contributed by atoms with E-state index in [9.17, 15) is 0 Å². The molecule has 0 fully saturated rings. The lowest BCUT2D eigenvalue weighted by atomic mass is 10.1. The minimum absolute atomic E-state index is 0.751. The van der Waals surface area contributed by atoms with Gasteiger partial charge in [0.05, 0.1) is 6.61 Å². The summed E-state index contributed by atoms with van der Waals surface area (Å²) in [5.41, 5.74) is 9.36. The van der Waals surface area contributed by atoms with Gasteiger partial charge < -0.3 is 15.4 Å². The van der Waals surface area contributed by atoms with Crippen molar-refractivity contribution < 1.29 is 4.74 Å². The van der Waals surface area contributed by atoms with Crippen LogP contribution in [0.15, 0.2) is 18.2 Å². The van der Waals surface area contributed by atoms with Gasteiger partial charge in [0.25, 0.3) is 0 Å². The first kappa shape index (κ1) is 13.8. The summed E-state index contributed by atoms with van der Waals surface area (Å²) in [7, 11) is 1.74. The maximum Gasteiger partial charge on any atom is 0.0637 e. The van der Waals surface area contributed by atoms with Crippen molar-refractivity contribution in [2.24, 2.45) is 0 Å². The molecule has 0 radical (unpaired) electrons. The molecule has 0 saturated carbocycles. The Morgan fingerprint density at radius 2 is 2.06 bits per heavy atom. The van der Waals surface area contributed by atoms with Crippen LogP contribution < -0.4 is 10.6 Å². The standard InChI is InChI=1S/C14H24N2O/c1-4-6-12-11-13(7-8-14(12)15)16(5-2)9-10-17-3/h7-8,11H,4-6,9-10,15H2,1-3H3. The smallest absolute Gasteiger partial charge is 0.0637 e. The molecule has 3 heteroatoms. The van der Waals surface area contributed by atoms with Crippen LogP contribution in [0.25, 0.3) is 0 Å². The van der Waals surface area contributed by atoms with Crippen LogP contribution in [0.4, 0.5) is 11.4 Å². The van der Waals surface area contributed by atoms with Crippen molar-refractivity contribution in [2.75, 3.05) is 37.4 Å². The Labute approximate surface area is 105 Å². The molecule has 0 saturated heterocycles. The van der Waals surface area contributed by atoms with Crippen LogP contribution in [0.5, 0.6) is 0 Å². The van der Waals surface area contributed by atoms with Gasteiger partial charge in [-0.2, -0.15) is 0 Å². The number of aryl methyl sites for hydroxylation is 1. The summed E-state index contributed by atoms with van der Waals surface area (Å²) in [4.78, 5) is 2.31. The quantitative estimate of drug-likeness (QED) is 0.740. The molecule has 17 heavy (non-hydrogen) atoms. The molecule has 0 spiro atoms. The topological polar surface area (TPSA) is 38.5 Å². The predicted octanol–water partition coefficient (Wildman–Crippen LogP) is 2.69. The van der Waals surface area contributed by atoms with E-state index in [1.165, 1.54) is 11.3 Å². The van der Waals surface area contributed by atoms with E-state index in [0.29, 0.717) is 0 Å². The summed E-state index contributed by atoms with van der Waals surface area (Å²) < 4.78 is 5.13. The Morgan fingerprint density at radius 1 is 1.29 bits per heavy atom. The van der Waals surface area contributed by atoms with E-state index in [2.05, 4.69) is 30.9 Å². The Bertz CT molecular complexity index is 339. The number of nitrogens with zero attached hydrogens (tertiary/aromatic N) is 1. The molecule has 0 atom stereocenters. The summed E-state index contributed by atoms with van der Waals surface area (Å²) >= 11 is 0. The van der Waals surface area contributed by atoms with Crippen LogP contribution in [-0.2, 0) is 11.2 Å². The maximum absolute atomic E-state index is 5.97. The van der Waals surface area contributed by atoms with Crippen molar-refractivity contribution in [3.63, 3.8) is 0 Å². The summed E-state index contributed by atoms with van der Waals surface area (Å²) in [5.74, 6) is 0. The largest absolute Gasteiger partial charge is 0.399 e. The van der Waals surface area contributed by atoms with E-state index in [1.807, 2.05) is 6.07 Å². The number of nitrogens with two attached hydrogens (primary N) is 1. The van der Waals surface area contributed by atoms with Crippen LogP contribution in [-0.4, -0.2) is 26.8 Å². The van der Waals surface area contributed by atoms with E-state index in [4.69, 9.17) is 10.5 Å². The number of ether oxygens (including phenoxy) is 1. The van der Waals surface area contributed by atoms with Crippen LogP contribution in [0.3, 0.4) is 0 Å². The Balaban J connectivity index is 2.84. The Hall–Kier alpha value is -1.22.